The number of hydrogen-bond donors (Lipinski definition) is 0. The lowest BCUT2D eigenvalue weighted by molar-refractivity contribution is -0.132. The summed E-state index contributed by atoms with van der Waals surface area (Å²) in [6.45, 7) is 2.54. The number of pyridine rings is 1. The van der Waals surface area contributed by atoms with E-state index in [-0.39, 0.29) is 11.9 Å². The predicted molar refractivity (Wildman–Crippen MR) is 89.1 cm³/mol. The lowest BCUT2D eigenvalue weighted by Gasteiger charge is -2.38. The number of amides is 1. The highest BCUT2D eigenvalue weighted by Gasteiger charge is 2.26. The van der Waals surface area contributed by atoms with Gasteiger partial charge in [-0.25, -0.2) is 9.97 Å². The molecule has 1 saturated heterocycles. The summed E-state index contributed by atoms with van der Waals surface area (Å²) >= 11 is 0. The number of hydrogen-bond acceptors (Lipinski definition) is 4. The SMILES string of the molecule is CN(C(=O)CCn1ccnc1)C1CCCN(c2ccccn2)C1. The molecule has 6 heteroatoms. The van der Waals surface area contributed by atoms with Crippen molar-refractivity contribution in [2.24, 2.45) is 0 Å². The molecular formula is C17H23N5O. The fourth-order valence-corrected chi connectivity index (χ4v) is 3.04. The molecule has 1 aliphatic heterocycles. The molecule has 1 aliphatic rings. The molecule has 0 N–H and O–H groups in total. The molecule has 0 radical (unpaired) electrons. The van der Waals surface area contributed by atoms with Crippen LogP contribution in [0.1, 0.15) is 19.3 Å². The molecule has 3 heterocycles. The van der Waals surface area contributed by atoms with Crippen molar-refractivity contribution in [2.75, 3.05) is 25.0 Å². The van der Waals surface area contributed by atoms with Gasteiger partial charge in [0.1, 0.15) is 5.82 Å². The van der Waals surface area contributed by atoms with E-state index in [1.165, 1.54) is 0 Å². The Hall–Kier alpha value is -2.37. The highest BCUT2D eigenvalue weighted by molar-refractivity contribution is 5.76. The molecular weight excluding hydrogens is 290 g/mol. The fraction of sp³-hybridized carbons (Fsp3) is 0.471. The lowest BCUT2D eigenvalue weighted by atomic mass is 10.0. The number of imidazole rings is 1. The maximum absolute atomic E-state index is 12.4. The third-order valence-corrected chi connectivity index (χ3v) is 4.45. The van der Waals surface area contributed by atoms with Gasteiger partial charge in [-0.3, -0.25) is 4.79 Å². The molecule has 2 aromatic rings. The molecule has 23 heavy (non-hydrogen) atoms. The highest BCUT2D eigenvalue weighted by atomic mass is 16.2. The number of rotatable bonds is 5. The summed E-state index contributed by atoms with van der Waals surface area (Å²) in [6.07, 6.45) is 9.83. The van der Waals surface area contributed by atoms with Crippen molar-refractivity contribution in [1.29, 1.82) is 0 Å². The second-order valence-corrected chi connectivity index (χ2v) is 5.99. The van der Waals surface area contributed by atoms with Crippen LogP contribution in [-0.2, 0) is 11.3 Å². The van der Waals surface area contributed by atoms with Crippen LogP contribution >= 0.6 is 0 Å². The van der Waals surface area contributed by atoms with Crippen molar-refractivity contribution in [3.05, 3.63) is 43.1 Å². The van der Waals surface area contributed by atoms with Crippen LogP contribution in [0.5, 0.6) is 0 Å². The van der Waals surface area contributed by atoms with E-state index in [0.717, 1.165) is 31.7 Å². The number of nitrogens with zero attached hydrogens (tertiary/aromatic N) is 5. The van der Waals surface area contributed by atoms with Crippen molar-refractivity contribution >= 4 is 11.7 Å². The summed E-state index contributed by atoms with van der Waals surface area (Å²) in [5.41, 5.74) is 0. The minimum absolute atomic E-state index is 0.187. The topological polar surface area (TPSA) is 54.3 Å². The summed E-state index contributed by atoms with van der Waals surface area (Å²) < 4.78 is 1.94. The number of aryl methyl sites for hydroxylation is 1. The Morgan fingerprint density at radius 2 is 2.30 bits per heavy atom. The Kier molecular flexibility index (Phi) is 4.90. The van der Waals surface area contributed by atoms with Crippen molar-refractivity contribution < 1.29 is 4.79 Å². The molecule has 0 aliphatic carbocycles. The van der Waals surface area contributed by atoms with Gasteiger partial charge >= 0.3 is 0 Å². The third-order valence-electron chi connectivity index (χ3n) is 4.45. The highest BCUT2D eigenvalue weighted by Crippen LogP contribution is 2.20. The molecule has 0 spiro atoms. The van der Waals surface area contributed by atoms with E-state index in [9.17, 15) is 4.79 Å². The van der Waals surface area contributed by atoms with Gasteiger partial charge in [0.05, 0.1) is 6.33 Å². The summed E-state index contributed by atoms with van der Waals surface area (Å²) in [4.78, 5) is 25.0. The van der Waals surface area contributed by atoms with Gasteiger partial charge < -0.3 is 14.4 Å². The normalized spacial score (nSPS) is 18.0. The summed E-state index contributed by atoms with van der Waals surface area (Å²) in [5.74, 6) is 1.18. The quantitative estimate of drug-likeness (QED) is 0.844. The van der Waals surface area contributed by atoms with E-state index in [4.69, 9.17) is 0 Å². The molecule has 0 saturated carbocycles. The molecule has 122 valence electrons. The zero-order valence-corrected chi connectivity index (χ0v) is 13.5. The van der Waals surface area contributed by atoms with E-state index in [1.54, 1.807) is 12.5 Å². The van der Waals surface area contributed by atoms with Crippen LogP contribution in [0.2, 0.25) is 0 Å². The van der Waals surface area contributed by atoms with Crippen molar-refractivity contribution in [3.63, 3.8) is 0 Å². The Morgan fingerprint density at radius 3 is 3.04 bits per heavy atom. The Bertz CT molecular complexity index is 613. The second-order valence-electron chi connectivity index (χ2n) is 5.99. The average Bonchev–Trinajstić information content (AvgIpc) is 3.13. The number of likely N-dealkylation sites (N-methyl/N-ethyl adjacent to an activating group) is 1. The summed E-state index contributed by atoms with van der Waals surface area (Å²) in [6, 6.07) is 6.22. The predicted octanol–water partition coefficient (Wildman–Crippen LogP) is 1.80. The number of piperidine rings is 1. The maximum Gasteiger partial charge on any atom is 0.224 e. The van der Waals surface area contributed by atoms with Crippen LogP contribution in [0, 0.1) is 0 Å². The van der Waals surface area contributed by atoms with Gasteiger partial charge in [-0.15, -0.1) is 0 Å². The van der Waals surface area contributed by atoms with Crippen molar-refractivity contribution in [3.8, 4) is 0 Å². The molecule has 1 unspecified atom stereocenters. The van der Waals surface area contributed by atoms with Gasteiger partial charge in [0.15, 0.2) is 0 Å². The van der Waals surface area contributed by atoms with E-state index >= 15 is 0 Å². The standard InChI is InChI=1S/C17H23N5O/c1-20(17(23)7-11-21-12-9-18-14-21)15-5-4-10-22(13-15)16-6-2-3-8-19-16/h2-3,6,8-9,12,14-15H,4-5,7,10-11,13H2,1H3. The first-order valence-corrected chi connectivity index (χ1v) is 8.11. The van der Waals surface area contributed by atoms with Crippen LogP contribution in [0.3, 0.4) is 0 Å². The van der Waals surface area contributed by atoms with Gasteiger partial charge in [-0.05, 0) is 25.0 Å². The molecule has 2 aromatic heterocycles. The first kappa shape index (κ1) is 15.5. The van der Waals surface area contributed by atoms with Crippen LogP contribution in [0.15, 0.2) is 43.1 Å². The fourth-order valence-electron chi connectivity index (χ4n) is 3.04. The molecule has 6 nitrogen and oxygen atoms in total. The number of carbonyl (C=O) groups excluding carboxylic acids is 1. The van der Waals surface area contributed by atoms with E-state index < -0.39 is 0 Å². The summed E-state index contributed by atoms with van der Waals surface area (Å²) in [7, 11) is 1.92. The van der Waals surface area contributed by atoms with Crippen LogP contribution in [0.25, 0.3) is 0 Å². The van der Waals surface area contributed by atoms with E-state index in [2.05, 4.69) is 14.9 Å². The van der Waals surface area contributed by atoms with Crippen molar-refractivity contribution in [2.45, 2.75) is 31.8 Å². The van der Waals surface area contributed by atoms with Gasteiger partial charge in [-0.1, -0.05) is 6.07 Å². The molecule has 0 bridgehead atoms. The second kappa shape index (κ2) is 7.26. The number of carbonyl (C=O) groups is 1. The molecule has 1 atom stereocenters. The minimum atomic E-state index is 0.187. The largest absolute Gasteiger partial charge is 0.355 e. The first-order valence-electron chi connectivity index (χ1n) is 8.11. The Labute approximate surface area is 136 Å². The number of anilines is 1. The minimum Gasteiger partial charge on any atom is -0.355 e. The monoisotopic (exact) mass is 313 g/mol. The smallest absolute Gasteiger partial charge is 0.224 e. The zero-order valence-electron chi connectivity index (χ0n) is 13.5. The molecule has 1 amide bonds. The van der Waals surface area contributed by atoms with Crippen molar-refractivity contribution in [1.82, 2.24) is 19.4 Å². The van der Waals surface area contributed by atoms with E-state index in [1.807, 2.05) is 47.1 Å². The van der Waals surface area contributed by atoms with Gasteiger partial charge in [0, 0.05) is 57.7 Å². The van der Waals surface area contributed by atoms with Gasteiger partial charge in [0.2, 0.25) is 5.91 Å². The van der Waals surface area contributed by atoms with E-state index in [0.29, 0.717) is 13.0 Å². The Morgan fingerprint density at radius 1 is 1.39 bits per heavy atom. The molecule has 1 fully saturated rings. The number of aromatic nitrogens is 3. The summed E-state index contributed by atoms with van der Waals surface area (Å²) in [5, 5.41) is 0. The van der Waals surface area contributed by atoms with Gasteiger partial charge in [-0.2, -0.15) is 0 Å². The van der Waals surface area contributed by atoms with Gasteiger partial charge in [0.25, 0.3) is 0 Å². The zero-order chi connectivity index (χ0) is 16.1. The van der Waals surface area contributed by atoms with Crippen LogP contribution < -0.4 is 4.90 Å². The third kappa shape index (κ3) is 3.88. The lowest BCUT2D eigenvalue weighted by Crippen LogP contribution is -2.49. The maximum atomic E-state index is 12.4. The average molecular weight is 313 g/mol. The Balaban J connectivity index is 1.56. The first-order chi connectivity index (χ1) is 11.2. The van der Waals surface area contributed by atoms with Crippen LogP contribution in [-0.4, -0.2) is 51.5 Å². The molecule has 0 aromatic carbocycles. The molecule has 3 rings (SSSR count). The van der Waals surface area contributed by atoms with Crippen LogP contribution in [0.4, 0.5) is 5.82 Å².